The van der Waals surface area contributed by atoms with Crippen LogP contribution in [0, 0.1) is 5.92 Å². The van der Waals surface area contributed by atoms with Crippen LogP contribution < -0.4 is 0 Å². The molecule has 1 unspecified atom stereocenters. The van der Waals surface area contributed by atoms with Crippen LogP contribution in [0.25, 0.3) is 0 Å². The molecule has 0 N–H and O–H groups in total. The van der Waals surface area contributed by atoms with Crippen molar-refractivity contribution < 1.29 is 9.59 Å². The highest BCUT2D eigenvalue weighted by molar-refractivity contribution is 5.84. The van der Waals surface area contributed by atoms with Crippen LogP contribution in [0.3, 0.4) is 0 Å². The molecule has 0 aliphatic carbocycles. The van der Waals surface area contributed by atoms with Crippen molar-refractivity contribution in [3.8, 4) is 0 Å². The van der Waals surface area contributed by atoms with Crippen molar-refractivity contribution in [3.05, 3.63) is 46.1 Å². The first-order valence-electron chi connectivity index (χ1n) is 8.40. The average molecular weight is 316 g/mol. The summed E-state index contributed by atoms with van der Waals surface area (Å²) in [6.07, 6.45) is 11.5. The highest BCUT2D eigenvalue weighted by Crippen LogP contribution is 2.20. The lowest BCUT2D eigenvalue weighted by Gasteiger charge is -2.11. The first-order chi connectivity index (χ1) is 10.8. The van der Waals surface area contributed by atoms with E-state index < -0.39 is 0 Å². The van der Waals surface area contributed by atoms with E-state index in [0.717, 1.165) is 43.8 Å². The summed E-state index contributed by atoms with van der Waals surface area (Å²) in [5.41, 5.74) is 4.95. The van der Waals surface area contributed by atoms with Crippen molar-refractivity contribution in [2.45, 2.75) is 67.2 Å². The highest BCUT2D eigenvalue weighted by atomic mass is 16.1. The van der Waals surface area contributed by atoms with Gasteiger partial charge in [0.2, 0.25) is 0 Å². The molecule has 0 aromatic carbocycles. The van der Waals surface area contributed by atoms with Crippen LogP contribution in [0.1, 0.15) is 67.2 Å². The second-order valence-electron chi connectivity index (χ2n) is 6.70. The molecular formula is C21H32O2. The summed E-state index contributed by atoms with van der Waals surface area (Å²) in [5.74, 6) is 0.156. The van der Waals surface area contributed by atoms with E-state index in [1.165, 1.54) is 11.1 Å². The standard InChI is InChI=1S/C21H32O2/c1-16(2)9-7-11-18(5)20(14-22)13-21(15-23)19(6)12-8-10-17(3)4/h9-10,13-15,18H,7-8,11-12H2,1-6H3/b20-13?,21-19+. The zero-order chi connectivity index (χ0) is 17.8. The van der Waals surface area contributed by atoms with Gasteiger partial charge in [-0.25, -0.2) is 0 Å². The highest BCUT2D eigenvalue weighted by Gasteiger charge is 2.09. The summed E-state index contributed by atoms with van der Waals surface area (Å²) >= 11 is 0. The van der Waals surface area contributed by atoms with Gasteiger partial charge in [-0.2, -0.15) is 0 Å². The van der Waals surface area contributed by atoms with Crippen molar-refractivity contribution >= 4 is 12.6 Å². The van der Waals surface area contributed by atoms with Crippen molar-refractivity contribution in [1.29, 1.82) is 0 Å². The lowest BCUT2D eigenvalue weighted by atomic mass is 9.93. The Hall–Kier alpha value is -1.70. The van der Waals surface area contributed by atoms with Crippen LogP contribution >= 0.6 is 0 Å². The molecule has 0 bridgehead atoms. The molecule has 0 aliphatic rings. The Labute approximate surface area is 142 Å². The number of carbonyl (C=O) groups is 2. The minimum absolute atomic E-state index is 0.156. The maximum Gasteiger partial charge on any atom is 0.150 e. The first kappa shape index (κ1) is 21.3. The first-order valence-corrected chi connectivity index (χ1v) is 8.40. The van der Waals surface area contributed by atoms with E-state index in [1.54, 1.807) is 6.08 Å². The molecule has 0 aromatic rings. The third-order valence-corrected chi connectivity index (χ3v) is 3.87. The van der Waals surface area contributed by atoms with Crippen LogP contribution in [0.2, 0.25) is 0 Å². The molecule has 0 saturated heterocycles. The van der Waals surface area contributed by atoms with Gasteiger partial charge in [0.05, 0.1) is 0 Å². The lowest BCUT2D eigenvalue weighted by Crippen LogP contribution is -2.02. The molecule has 0 saturated carbocycles. The van der Waals surface area contributed by atoms with Crippen molar-refractivity contribution in [1.82, 2.24) is 0 Å². The molecule has 0 fully saturated rings. The van der Waals surface area contributed by atoms with Gasteiger partial charge in [-0.15, -0.1) is 0 Å². The van der Waals surface area contributed by atoms with Gasteiger partial charge >= 0.3 is 0 Å². The van der Waals surface area contributed by atoms with Crippen LogP contribution in [-0.2, 0) is 9.59 Å². The minimum atomic E-state index is 0.156. The van der Waals surface area contributed by atoms with Gasteiger partial charge in [-0.1, -0.05) is 35.8 Å². The lowest BCUT2D eigenvalue weighted by molar-refractivity contribution is -0.105. The van der Waals surface area contributed by atoms with Crippen molar-refractivity contribution in [2.24, 2.45) is 5.92 Å². The molecule has 2 nitrogen and oxygen atoms in total. The number of rotatable bonds is 10. The smallest absolute Gasteiger partial charge is 0.150 e. The second-order valence-corrected chi connectivity index (χ2v) is 6.70. The van der Waals surface area contributed by atoms with Gasteiger partial charge in [0, 0.05) is 5.57 Å². The molecule has 0 aliphatic heterocycles. The van der Waals surface area contributed by atoms with Crippen molar-refractivity contribution in [3.63, 3.8) is 0 Å². The molecule has 0 spiro atoms. The predicted octanol–water partition coefficient (Wildman–Crippen LogP) is 5.76. The molecule has 1 atom stereocenters. The van der Waals surface area contributed by atoms with Gasteiger partial charge in [0.15, 0.2) is 0 Å². The Bertz CT molecular complexity index is 508. The SMILES string of the molecule is CC(C)=CCC/C(C)=C(/C=O)C=C(C=O)C(C)CCC=C(C)C. The van der Waals surface area contributed by atoms with Crippen LogP contribution in [0.4, 0.5) is 0 Å². The van der Waals surface area contributed by atoms with E-state index in [9.17, 15) is 9.59 Å². The fraction of sp³-hybridized carbons (Fsp3) is 0.524. The third-order valence-electron chi connectivity index (χ3n) is 3.87. The predicted molar refractivity (Wildman–Crippen MR) is 99.4 cm³/mol. The quantitative estimate of drug-likeness (QED) is 0.222. The molecule has 0 amide bonds. The van der Waals surface area contributed by atoms with E-state index in [0.29, 0.717) is 11.1 Å². The Morgan fingerprint density at radius 3 is 1.91 bits per heavy atom. The van der Waals surface area contributed by atoms with Gasteiger partial charge in [-0.05, 0) is 77.9 Å². The van der Waals surface area contributed by atoms with E-state index in [4.69, 9.17) is 0 Å². The molecule has 0 aromatic heterocycles. The summed E-state index contributed by atoms with van der Waals surface area (Å²) in [4.78, 5) is 22.8. The number of allylic oxidation sites excluding steroid dienone is 8. The molecule has 23 heavy (non-hydrogen) atoms. The Morgan fingerprint density at radius 2 is 1.43 bits per heavy atom. The maximum atomic E-state index is 11.4. The Morgan fingerprint density at radius 1 is 0.870 bits per heavy atom. The van der Waals surface area contributed by atoms with Crippen LogP contribution in [0.15, 0.2) is 46.1 Å². The summed E-state index contributed by atoms with van der Waals surface area (Å²) in [7, 11) is 0. The van der Waals surface area contributed by atoms with Gasteiger partial charge in [0.1, 0.15) is 12.6 Å². The van der Waals surface area contributed by atoms with Gasteiger partial charge in [-0.3, -0.25) is 9.59 Å². The summed E-state index contributed by atoms with van der Waals surface area (Å²) in [6, 6.07) is 0. The molecule has 0 rings (SSSR count). The zero-order valence-corrected chi connectivity index (χ0v) is 15.6. The zero-order valence-electron chi connectivity index (χ0n) is 15.6. The molecular weight excluding hydrogens is 284 g/mol. The second kappa shape index (κ2) is 11.8. The number of hydrogen-bond donors (Lipinski definition) is 0. The number of aldehydes is 2. The number of hydrogen-bond acceptors (Lipinski definition) is 2. The Balaban J connectivity index is 5.06. The molecule has 2 heteroatoms. The van der Waals surface area contributed by atoms with E-state index in [-0.39, 0.29) is 5.92 Å². The monoisotopic (exact) mass is 316 g/mol. The normalized spacial score (nSPS) is 13.7. The fourth-order valence-electron chi connectivity index (χ4n) is 2.24. The summed E-state index contributed by atoms with van der Waals surface area (Å²) in [5, 5.41) is 0. The largest absolute Gasteiger partial charge is 0.298 e. The summed E-state index contributed by atoms with van der Waals surface area (Å²) in [6.45, 7) is 12.3. The van der Waals surface area contributed by atoms with E-state index in [2.05, 4.69) is 39.8 Å². The van der Waals surface area contributed by atoms with Crippen molar-refractivity contribution in [2.75, 3.05) is 0 Å². The maximum absolute atomic E-state index is 11.4. The van der Waals surface area contributed by atoms with E-state index >= 15 is 0 Å². The fourth-order valence-corrected chi connectivity index (χ4v) is 2.24. The number of carbonyl (C=O) groups excluding carboxylic acids is 2. The minimum Gasteiger partial charge on any atom is -0.298 e. The van der Waals surface area contributed by atoms with E-state index in [1.807, 2.05) is 13.8 Å². The molecule has 0 heterocycles. The van der Waals surface area contributed by atoms with Crippen LogP contribution in [-0.4, -0.2) is 12.6 Å². The Kier molecular flexibility index (Phi) is 10.9. The summed E-state index contributed by atoms with van der Waals surface area (Å²) < 4.78 is 0. The average Bonchev–Trinajstić information content (AvgIpc) is 2.47. The molecule has 128 valence electrons. The topological polar surface area (TPSA) is 34.1 Å². The van der Waals surface area contributed by atoms with Gasteiger partial charge in [0.25, 0.3) is 0 Å². The van der Waals surface area contributed by atoms with Gasteiger partial charge < -0.3 is 0 Å². The molecule has 0 radical (unpaired) electrons. The third kappa shape index (κ3) is 9.83. The van der Waals surface area contributed by atoms with Crippen LogP contribution in [0.5, 0.6) is 0 Å².